The van der Waals surface area contributed by atoms with Crippen molar-refractivity contribution in [2.24, 2.45) is 7.05 Å². The molecule has 0 aliphatic carbocycles. The van der Waals surface area contributed by atoms with Crippen LogP contribution in [0.5, 0.6) is 0 Å². The van der Waals surface area contributed by atoms with E-state index in [4.69, 9.17) is 0 Å². The van der Waals surface area contributed by atoms with Gasteiger partial charge >= 0.3 is 11.7 Å². The highest BCUT2D eigenvalue weighted by molar-refractivity contribution is 5.93. The van der Waals surface area contributed by atoms with Crippen molar-refractivity contribution in [2.75, 3.05) is 7.11 Å². The highest BCUT2D eigenvalue weighted by atomic mass is 16.5. The van der Waals surface area contributed by atoms with Crippen LogP contribution in [0.25, 0.3) is 0 Å². The molecule has 0 bridgehead atoms. The van der Waals surface area contributed by atoms with Crippen molar-refractivity contribution in [2.45, 2.75) is 26.3 Å². The molecule has 0 aromatic carbocycles. The van der Waals surface area contributed by atoms with Crippen LogP contribution in [0.3, 0.4) is 0 Å². The molecule has 0 aliphatic heterocycles. The lowest BCUT2D eigenvalue weighted by molar-refractivity contribution is -0.140. The SMILES string of the molecule is COC(=O)CCCn1cc(C(C)=O)c(=O)n(C)c1=O. The number of carbonyl (C=O) groups is 2. The number of aromatic nitrogens is 2. The molecule has 1 aromatic rings. The van der Waals surface area contributed by atoms with Gasteiger partial charge in [-0.15, -0.1) is 0 Å². The minimum atomic E-state index is -0.610. The molecule has 0 atom stereocenters. The van der Waals surface area contributed by atoms with Crippen LogP contribution < -0.4 is 11.2 Å². The third kappa shape index (κ3) is 3.40. The topological polar surface area (TPSA) is 87.4 Å². The summed E-state index contributed by atoms with van der Waals surface area (Å²) in [7, 11) is 2.60. The molecule has 19 heavy (non-hydrogen) atoms. The largest absolute Gasteiger partial charge is 0.469 e. The number of rotatable bonds is 5. The number of ketones is 1. The Labute approximate surface area is 109 Å². The Bertz CT molecular complexity index is 612. The third-order valence-corrected chi connectivity index (χ3v) is 2.74. The zero-order valence-electron chi connectivity index (χ0n) is 11.1. The first-order chi connectivity index (χ1) is 8.88. The quantitative estimate of drug-likeness (QED) is 0.540. The monoisotopic (exact) mass is 268 g/mol. The average molecular weight is 268 g/mol. The van der Waals surface area contributed by atoms with Crippen molar-refractivity contribution < 1.29 is 14.3 Å². The molecular formula is C12H16N2O5. The van der Waals surface area contributed by atoms with Crippen LogP contribution in [0, 0.1) is 0 Å². The van der Waals surface area contributed by atoms with Gasteiger partial charge in [-0.2, -0.15) is 0 Å². The molecule has 0 amide bonds. The van der Waals surface area contributed by atoms with Gasteiger partial charge in [-0.05, 0) is 13.3 Å². The summed E-state index contributed by atoms with van der Waals surface area (Å²) < 4.78 is 6.62. The number of hydrogen-bond donors (Lipinski definition) is 0. The zero-order valence-corrected chi connectivity index (χ0v) is 11.1. The second kappa shape index (κ2) is 6.12. The minimum absolute atomic E-state index is 0.0415. The molecule has 1 rings (SSSR count). The van der Waals surface area contributed by atoms with Crippen molar-refractivity contribution >= 4 is 11.8 Å². The van der Waals surface area contributed by atoms with E-state index >= 15 is 0 Å². The lowest BCUT2D eigenvalue weighted by Gasteiger charge is -2.08. The van der Waals surface area contributed by atoms with Gasteiger partial charge in [-0.25, -0.2) is 4.79 Å². The molecule has 0 radical (unpaired) electrons. The van der Waals surface area contributed by atoms with E-state index in [9.17, 15) is 19.2 Å². The van der Waals surface area contributed by atoms with Crippen LogP contribution in [0.1, 0.15) is 30.1 Å². The van der Waals surface area contributed by atoms with Crippen LogP contribution in [-0.4, -0.2) is 28.0 Å². The average Bonchev–Trinajstić information content (AvgIpc) is 2.38. The van der Waals surface area contributed by atoms with Gasteiger partial charge in [0.05, 0.1) is 12.7 Å². The summed E-state index contributed by atoms with van der Waals surface area (Å²) in [5.74, 6) is -0.771. The molecule has 0 saturated carbocycles. The number of hydrogen-bond acceptors (Lipinski definition) is 5. The lowest BCUT2D eigenvalue weighted by atomic mass is 10.2. The Balaban J connectivity index is 3.02. The molecule has 0 spiro atoms. The van der Waals surface area contributed by atoms with Crippen molar-refractivity contribution in [3.63, 3.8) is 0 Å². The number of esters is 1. The standard InChI is InChI=1S/C12H16N2O5/c1-8(15)9-7-14(6-4-5-10(16)19-3)12(18)13(2)11(9)17/h7H,4-6H2,1-3H3. The van der Waals surface area contributed by atoms with E-state index in [1.54, 1.807) is 0 Å². The molecule has 104 valence electrons. The maximum absolute atomic E-state index is 11.8. The molecular weight excluding hydrogens is 252 g/mol. The Morgan fingerprint density at radius 2 is 1.95 bits per heavy atom. The van der Waals surface area contributed by atoms with Gasteiger partial charge in [0.2, 0.25) is 0 Å². The van der Waals surface area contributed by atoms with Crippen LogP contribution in [0.15, 0.2) is 15.8 Å². The van der Waals surface area contributed by atoms with E-state index < -0.39 is 17.0 Å². The number of carbonyl (C=O) groups excluding carboxylic acids is 2. The second-order valence-corrected chi connectivity index (χ2v) is 4.12. The van der Waals surface area contributed by atoms with Gasteiger partial charge in [0.1, 0.15) is 0 Å². The van der Waals surface area contributed by atoms with Crippen LogP contribution in [0.2, 0.25) is 0 Å². The number of ether oxygens (including phenoxy) is 1. The second-order valence-electron chi connectivity index (χ2n) is 4.12. The van der Waals surface area contributed by atoms with E-state index in [0.717, 1.165) is 4.57 Å². The maximum Gasteiger partial charge on any atom is 0.330 e. The highest BCUT2D eigenvalue weighted by Gasteiger charge is 2.12. The number of methoxy groups -OCH3 is 1. The summed E-state index contributed by atoms with van der Waals surface area (Å²) in [5.41, 5.74) is -1.17. The lowest BCUT2D eigenvalue weighted by Crippen LogP contribution is -2.40. The molecule has 0 fully saturated rings. The van der Waals surface area contributed by atoms with Gasteiger partial charge in [0.25, 0.3) is 5.56 Å². The Kier molecular flexibility index (Phi) is 4.80. The van der Waals surface area contributed by atoms with Gasteiger partial charge in [0, 0.05) is 26.2 Å². The Hall–Kier alpha value is -2.18. The van der Waals surface area contributed by atoms with Crippen molar-refractivity contribution in [3.8, 4) is 0 Å². The summed E-state index contributed by atoms with van der Waals surface area (Å²) in [6, 6.07) is 0. The van der Waals surface area contributed by atoms with Crippen LogP contribution in [0.4, 0.5) is 0 Å². The molecule has 0 N–H and O–H groups in total. The van der Waals surface area contributed by atoms with Gasteiger partial charge in [-0.1, -0.05) is 0 Å². The Morgan fingerprint density at radius 3 is 2.47 bits per heavy atom. The van der Waals surface area contributed by atoms with E-state index in [1.807, 2.05) is 0 Å². The van der Waals surface area contributed by atoms with Gasteiger partial charge in [0.15, 0.2) is 5.78 Å². The summed E-state index contributed by atoms with van der Waals surface area (Å²) in [6.07, 6.45) is 1.80. The van der Waals surface area contributed by atoms with Crippen molar-refractivity contribution in [1.82, 2.24) is 9.13 Å². The minimum Gasteiger partial charge on any atom is -0.469 e. The third-order valence-electron chi connectivity index (χ3n) is 2.74. The molecule has 7 heteroatoms. The van der Waals surface area contributed by atoms with Gasteiger partial charge < -0.3 is 4.74 Å². The summed E-state index contributed by atoms with van der Waals surface area (Å²) >= 11 is 0. The molecule has 1 heterocycles. The summed E-state index contributed by atoms with van der Waals surface area (Å²) in [5, 5.41) is 0. The fourth-order valence-corrected chi connectivity index (χ4v) is 1.62. The molecule has 7 nitrogen and oxygen atoms in total. The normalized spacial score (nSPS) is 10.3. The highest BCUT2D eigenvalue weighted by Crippen LogP contribution is 1.97. The maximum atomic E-state index is 11.8. The van der Waals surface area contributed by atoms with E-state index in [-0.39, 0.29) is 24.5 Å². The number of nitrogens with zero attached hydrogens (tertiary/aromatic N) is 2. The van der Waals surface area contributed by atoms with Crippen molar-refractivity contribution in [1.29, 1.82) is 0 Å². The van der Waals surface area contributed by atoms with Crippen LogP contribution in [-0.2, 0) is 23.1 Å². The summed E-state index contributed by atoms with van der Waals surface area (Å²) in [4.78, 5) is 45.7. The fourth-order valence-electron chi connectivity index (χ4n) is 1.62. The van der Waals surface area contributed by atoms with E-state index in [2.05, 4.69) is 4.74 Å². The summed E-state index contributed by atoms with van der Waals surface area (Å²) in [6.45, 7) is 1.50. The predicted octanol–water partition coefficient (Wildman–Crippen LogP) is -0.297. The first-order valence-electron chi connectivity index (χ1n) is 5.76. The smallest absolute Gasteiger partial charge is 0.330 e. The zero-order chi connectivity index (χ0) is 14.6. The molecule has 0 unspecified atom stereocenters. The van der Waals surface area contributed by atoms with E-state index in [0.29, 0.717) is 6.42 Å². The first kappa shape index (κ1) is 14.9. The van der Waals surface area contributed by atoms with Crippen LogP contribution >= 0.6 is 0 Å². The Morgan fingerprint density at radius 1 is 1.32 bits per heavy atom. The number of Topliss-reactive ketones (excluding diaryl/α,β-unsaturated/α-hetero) is 1. The molecule has 0 aliphatic rings. The fraction of sp³-hybridized carbons (Fsp3) is 0.500. The predicted molar refractivity (Wildman–Crippen MR) is 67.2 cm³/mol. The molecule has 0 saturated heterocycles. The van der Waals surface area contributed by atoms with E-state index in [1.165, 1.54) is 31.8 Å². The molecule has 1 aromatic heterocycles. The van der Waals surface area contributed by atoms with Crippen molar-refractivity contribution in [3.05, 3.63) is 32.6 Å². The number of aryl methyl sites for hydroxylation is 1. The van der Waals surface area contributed by atoms with Gasteiger partial charge in [-0.3, -0.25) is 23.5 Å². The first-order valence-corrected chi connectivity index (χ1v) is 5.76.